The first kappa shape index (κ1) is 13.9. The fourth-order valence-electron chi connectivity index (χ4n) is 1.43. The van der Waals surface area contributed by atoms with Gasteiger partial charge in [0.2, 0.25) is 0 Å². The minimum atomic E-state index is 0.255. The SMILES string of the molecule is CNC(C)CC(C)(C)SSc1ccccn1. The second-order valence-electron chi connectivity index (χ2n) is 4.49. The van der Waals surface area contributed by atoms with Crippen molar-refractivity contribution in [3.05, 3.63) is 24.4 Å². The molecule has 1 N–H and O–H groups in total. The van der Waals surface area contributed by atoms with Crippen LogP contribution in [0.15, 0.2) is 29.4 Å². The Morgan fingerprint density at radius 1 is 1.44 bits per heavy atom. The van der Waals surface area contributed by atoms with Crippen LogP contribution in [0.2, 0.25) is 0 Å². The van der Waals surface area contributed by atoms with Crippen LogP contribution < -0.4 is 5.32 Å². The maximum absolute atomic E-state index is 4.31. The van der Waals surface area contributed by atoms with Crippen LogP contribution >= 0.6 is 21.6 Å². The molecule has 1 aromatic heterocycles. The van der Waals surface area contributed by atoms with Gasteiger partial charge < -0.3 is 5.32 Å². The topological polar surface area (TPSA) is 24.9 Å². The van der Waals surface area contributed by atoms with E-state index in [9.17, 15) is 0 Å². The molecular weight excluding hydrogens is 236 g/mol. The zero-order valence-electron chi connectivity index (χ0n) is 10.4. The molecule has 0 aliphatic rings. The van der Waals surface area contributed by atoms with Gasteiger partial charge in [0.25, 0.3) is 0 Å². The molecule has 0 amide bonds. The molecule has 0 spiro atoms. The lowest BCUT2D eigenvalue weighted by Gasteiger charge is -2.26. The predicted octanol–water partition coefficient (Wildman–Crippen LogP) is 3.60. The Morgan fingerprint density at radius 2 is 2.19 bits per heavy atom. The molecule has 0 radical (unpaired) electrons. The highest BCUT2D eigenvalue weighted by molar-refractivity contribution is 8.77. The molecule has 1 atom stereocenters. The Kier molecular flexibility index (Phi) is 5.66. The summed E-state index contributed by atoms with van der Waals surface area (Å²) < 4.78 is 0.255. The van der Waals surface area contributed by atoms with E-state index in [0.717, 1.165) is 11.4 Å². The summed E-state index contributed by atoms with van der Waals surface area (Å²) in [7, 11) is 5.66. The quantitative estimate of drug-likeness (QED) is 0.786. The summed E-state index contributed by atoms with van der Waals surface area (Å²) in [6.45, 7) is 6.77. The standard InChI is InChI=1S/C12H20N2S2/c1-10(13-4)9-12(2,3)16-15-11-7-5-6-8-14-11/h5-8,10,13H,9H2,1-4H3. The molecule has 1 aromatic rings. The van der Waals surface area contributed by atoms with Crippen molar-refractivity contribution in [3.63, 3.8) is 0 Å². The van der Waals surface area contributed by atoms with E-state index in [0.29, 0.717) is 6.04 Å². The van der Waals surface area contributed by atoms with Gasteiger partial charge in [-0.2, -0.15) is 0 Å². The molecule has 0 fully saturated rings. The monoisotopic (exact) mass is 256 g/mol. The van der Waals surface area contributed by atoms with Gasteiger partial charge in [-0.25, -0.2) is 4.98 Å². The largest absolute Gasteiger partial charge is 0.317 e. The first-order valence-electron chi connectivity index (χ1n) is 5.47. The van der Waals surface area contributed by atoms with Crippen LogP contribution in [0, 0.1) is 0 Å². The molecule has 1 rings (SSSR count). The zero-order chi connectivity index (χ0) is 12.0. The summed E-state index contributed by atoms with van der Waals surface area (Å²) in [5, 5.41) is 4.36. The fraction of sp³-hybridized carbons (Fsp3) is 0.583. The Morgan fingerprint density at radius 3 is 2.75 bits per heavy atom. The molecule has 90 valence electrons. The molecule has 2 nitrogen and oxygen atoms in total. The highest BCUT2D eigenvalue weighted by atomic mass is 33.1. The Hall–Kier alpha value is -0.190. The summed E-state index contributed by atoms with van der Waals surface area (Å²) in [5.74, 6) is 0. The van der Waals surface area contributed by atoms with E-state index >= 15 is 0 Å². The molecule has 0 saturated heterocycles. The highest BCUT2D eigenvalue weighted by Crippen LogP contribution is 2.42. The van der Waals surface area contributed by atoms with Gasteiger partial charge in [-0.15, -0.1) is 0 Å². The summed E-state index contributed by atoms with van der Waals surface area (Å²) in [6.07, 6.45) is 2.99. The van der Waals surface area contributed by atoms with E-state index in [4.69, 9.17) is 0 Å². The first-order chi connectivity index (χ1) is 7.53. The smallest absolute Gasteiger partial charge is 0.106 e. The van der Waals surface area contributed by atoms with Gasteiger partial charge in [0, 0.05) is 17.0 Å². The van der Waals surface area contributed by atoms with Crippen molar-refractivity contribution < 1.29 is 0 Å². The first-order valence-corrected chi connectivity index (χ1v) is 7.62. The molecule has 1 unspecified atom stereocenters. The molecule has 16 heavy (non-hydrogen) atoms. The number of rotatable bonds is 6. The third-order valence-corrected chi connectivity index (χ3v) is 5.51. The summed E-state index contributed by atoms with van der Waals surface area (Å²) in [4.78, 5) is 4.31. The molecule has 0 aliphatic heterocycles. The van der Waals surface area contributed by atoms with E-state index in [1.165, 1.54) is 0 Å². The lowest BCUT2D eigenvalue weighted by Crippen LogP contribution is -2.29. The van der Waals surface area contributed by atoms with Crippen molar-refractivity contribution in [2.75, 3.05) is 7.05 Å². The molecule has 0 aliphatic carbocycles. The average Bonchev–Trinajstić information content (AvgIpc) is 2.27. The minimum Gasteiger partial charge on any atom is -0.317 e. The van der Waals surface area contributed by atoms with E-state index in [-0.39, 0.29) is 4.75 Å². The Balaban J connectivity index is 2.41. The maximum Gasteiger partial charge on any atom is 0.106 e. The minimum absolute atomic E-state index is 0.255. The Bertz CT molecular complexity index is 301. The van der Waals surface area contributed by atoms with Gasteiger partial charge >= 0.3 is 0 Å². The fourth-order valence-corrected chi connectivity index (χ4v) is 3.73. The van der Waals surface area contributed by atoms with Gasteiger partial charge in [-0.05, 0) is 57.2 Å². The van der Waals surface area contributed by atoms with E-state index < -0.39 is 0 Å². The second-order valence-corrected chi connectivity index (χ2v) is 7.34. The lowest BCUT2D eigenvalue weighted by atomic mass is 10.0. The number of hydrogen-bond acceptors (Lipinski definition) is 4. The molecule has 0 aromatic carbocycles. The van der Waals surface area contributed by atoms with Crippen molar-refractivity contribution in [3.8, 4) is 0 Å². The number of aromatic nitrogens is 1. The van der Waals surface area contributed by atoms with Crippen LogP contribution in [0.3, 0.4) is 0 Å². The lowest BCUT2D eigenvalue weighted by molar-refractivity contribution is 0.500. The van der Waals surface area contributed by atoms with Gasteiger partial charge in [0.15, 0.2) is 0 Å². The van der Waals surface area contributed by atoms with Crippen LogP contribution in [-0.2, 0) is 0 Å². The zero-order valence-corrected chi connectivity index (χ0v) is 12.0. The predicted molar refractivity (Wildman–Crippen MR) is 74.9 cm³/mol. The van der Waals surface area contributed by atoms with Crippen LogP contribution in [-0.4, -0.2) is 22.8 Å². The van der Waals surface area contributed by atoms with Crippen molar-refractivity contribution in [1.82, 2.24) is 10.3 Å². The maximum atomic E-state index is 4.31. The molecule has 0 bridgehead atoms. The molecule has 0 saturated carbocycles. The molecular formula is C12H20N2S2. The van der Waals surface area contributed by atoms with Crippen molar-refractivity contribution >= 4 is 21.6 Å². The normalized spacial score (nSPS) is 13.8. The van der Waals surface area contributed by atoms with Crippen LogP contribution in [0.5, 0.6) is 0 Å². The van der Waals surface area contributed by atoms with Crippen molar-refractivity contribution in [2.45, 2.75) is 43.0 Å². The van der Waals surface area contributed by atoms with E-state index in [2.05, 4.69) is 37.1 Å². The van der Waals surface area contributed by atoms with Crippen LogP contribution in [0.1, 0.15) is 27.2 Å². The summed E-state index contributed by atoms with van der Waals surface area (Å²) in [6, 6.07) is 6.57. The molecule has 4 heteroatoms. The Labute approximate surface area is 106 Å². The van der Waals surface area contributed by atoms with Crippen LogP contribution in [0.25, 0.3) is 0 Å². The molecule has 1 heterocycles. The summed E-state index contributed by atoms with van der Waals surface area (Å²) >= 11 is 0. The number of pyridine rings is 1. The van der Waals surface area contributed by atoms with Crippen molar-refractivity contribution in [1.29, 1.82) is 0 Å². The van der Waals surface area contributed by atoms with E-state index in [1.54, 1.807) is 10.8 Å². The number of nitrogens with one attached hydrogen (secondary N) is 1. The van der Waals surface area contributed by atoms with Gasteiger partial charge in [-0.3, -0.25) is 0 Å². The average molecular weight is 256 g/mol. The third-order valence-electron chi connectivity index (χ3n) is 2.28. The highest BCUT2D eigenvalue weighted by Gasteiger charge is 2.22. The summed E-state index contributed by atoms with van der Waals surface area (Å²) in [5.41, 5.74) is 0. The van der Waals surface area contributed by atoms with Crippen LogP contribution in [0.4, 0.5) is 0 Å². The van der Waals surface area contributed by atoms with E-state index in [1.807, 2.05) is 36.2 Å². The van der Waals surface area contributed by atoms with Gasteiger partial charge in [-0.1, -0.05) is 16.9 Å². The second kappa shape index (κ2) is 6.52. The van der Waals surface area contributed by atoms with Gasteiger partial charge in [0.1, 0.15) is 5.03 Å². The van der Waals surface area contributed by atoms with Gasteiger partial charge in [0.05, 0.1) is 0 Å². The third kappa shape index (κ3) is 5.23. The van der Waals surface area contributed by atoms with Crippen molar-refractivity contribution in [2.24, 2.45) is 0 Å². The number of nitrogens with zero attached hydrogens (tertiary/aromatic N) is 1. The number of hydrogen-bond donors (Lipinski definition) is 1.